The molecule has 4 nitrogen and oxygen atoms in total. The van der Waals surface area contributed by atoms with Crippen molar-refractivity contribution in [2.24, 2.45) is 0 Å². The third kappa shape index (κ3) is 4.27. The minimum absolute atomic E-state index is 0.0877. The van der Waals surface area contributed by atoms with Crippen LogP contribution in [-0.2, 0) is 23.9 Å². The summed E-state index contributed by atoms with van der Waals surface area (Å²) in [6.45, 7) is 3.17. The lowest BCUT2D eigenvalue weighted by atomic mass is 9.97. The molecular weight excluding hydrogens is 448 g/mol. The van der Waals surface area contributed by atoms with Crippen molar-refractivity contribution < 1.29 is 27.2 Å². The number of alkyl halides is 3. The van der Waals surface area contributed by atoms with Gasteiger partial charge in [0.05, 0.1) is 11.3 Å². The van der Waals surface area contributed by atoms with Crippen molar-refractivity contribution in [1.29, 1.82) is 0 Å². The van der Waals surface area contributed by atoms with Gasteiger partial charge < -0.3 is 4.90 Å². The molecular formula is C26H22F4N2O2. The van der Waals surface area contributed by atoms with Crippen LogP contribution < -0.4 is 4.90 Å². The predicted molar refractivity (Wildman–Crippen MR) is 120 cm³/mol. The summed E-state index contributed by atoms with van der Waals surface area (Å²) in [5, 5.41) is 0. The number of halogens is 4. The number of benzene rings is 3. The molecule has 1 aliphatic rings. The Morgan fingerprint density at radius 1 is 0.853 bits per heavy atom. The standard InChI is InChI=1S/C26H22F4N2O2/c1-25(2)23(33)32(20-12-13-22(27)21(15-20)26(28,29)30)24(34)31(25)16-19-11-7-6-10-18(19)14-17-8-4-3-5-9-17/h3-13,15H,14,16H2,1-2H3. The highest BCUT2D eigenvalue weighted by Gasteiger charge is 2.52. The minimum atomic E-state index is -4.96. The zero-order valence-electron chi connectivity index (χ0n) is 18.6. The summed E-state index contributed by atoms with van der Waals surface area (Å²) in [4.78, 5) is 28.5. The van der Waals surface area contributed by atoms with E-state index >= 15 is 0 Å². The van der Waals surface area contributed by atoms with E-state index in [2.05, 4.69) is 0 Å². The summed E-state index contributed by atoms with van der Waals surface area (Å²) in [6.07, 6.45) is -4.35. The predicted octanol–water partition coefficient (Wildman–Crippen LogP) is 6.18. The van der Waals surface area contributed by atoms with Crippen LogP contribution in [0.3, 0.4) is 0 Å². The molecule has 4 rings (SSSR count). The van der Waals surface area contributed by atoms with E-state index < -0.39 is 35.0 Å². The molecule has 1 aliphatic heterocycles. The number of nitrogens with zero attached hydrogens (tertiary/aromatic N) is 2. The second-order valence-electron chi connectivity index (χ2n) is 8.66. The van der Waals surface area contributed by atoms with Gasteiger partial charge in [-0.05, 0) is 55.2 Å². The molecule has 0 bridgehead atoms. The first kappa shape index (κ1) is 23.5. The Hall–Kier alpha value is -3.68. The Morgan fingerprint density at radius 3 is 2.12 bits per heavy atom. The molecule has 1 heterocycles. The summed E-state index contributed by atoms with van der Waals surface area (Å²) in [5.41, 5.74) is -0.316. The molecule has 0 aliphatic carbocycles. The molecule has 1 fully saturated rings. The van der Waals surface area contributed by atoms with E-state index in [0.29, 0.717) is 23.5 Å². The first-order valence-corrected chi connectivity index (χ1v) is 10.6. The van der Waals surface area contributed by atoms with Crippen molar-refractivity contribution in [3.8, 4) is 0 Å². The number of hydrogen-bond acceptors (Lipinski definition) is 2. The minimum Gasteiger partial charge on any atom is -0.305 e. The highest BCUT2D eigenvalue weighted by molar-refractivity contribution is 6.23. The number of imide groups is 1. The Kier molecular flexibility index (Phi) is 5.93. The van der Waals surface area contributed by atoms with Crippen molar-refractivity contribution in [3.05, 3.63) is 101 Å². The topological polar surface area (TPSA) is 40.6 Å². The van der Waals surface area contributed by atoms with Crippen LogP contribution in [0.4, 0.5) is 28.0 Å². The monoisotopic (exact) mass is 470 g/mol. The van der Waals surface area contributed by atoms with Gasteiger partial charge in [0.25, 0.3) is 5.91 Å². The zero-order valence-corrected chi connectivity index (χ0v) is 18.6. The van der Waals surface area contributed by atoms with Gasteiger partial charge in [-0.2, -0.15) is 13.2 Å². The first-order chi connectivity index (χ1) is 16.0. The maximum absolute atomic E-state index is 13.8. The SMILES string of the molecule is CC1(C)C(=O)N(c2ccc(F)c(C(F)(F)F)c2)C(=O)N1Cc1ccccc1Cc1ccccc1. The van der Waals surface area contributed by atoms with E-state index in [1.165, 1.54) is 4.90 Å². The lowest BCUT2D eigenvalue weighted by Crippen LogP contribution is -2.43. The lowest BCUT2D eigenvalue weighted by molar-refractivity contribution is -0.140. The summed E-state index contributed by atoms with van der Waals surface area (Å²) in [6, 6.07) is 18.6. The Morgan fingerprint density at radius 2 is 1.47 bits per heavy atom. The Balaban J connectivity index is 1.67. The van der Waals surface area contributed by atoms with Crippen LogP contribution in [0.15, 0.2) is 72.8 Å². The third-order valence-electron chi connectivity index (χ3n) is 6.02. The largest absolute Gasteiger partial charge is 0.419 e. The van der Waals surface area contributed by atoms with Gasteiger partial charge in [-0.1, -0.05) is 54.6 Å². The number of urea groups is 1. The number of rotatable bonds is 5. The van der Waals surface area contributed by atoms with E-state index in [4.69, 9.17) is 0 Å². The maximum atomic E-state index is 13.8. The van der Waals surface area contributed by atoms with E-state index in [0.717, 1.165) is 22.8 Å². The van der Waals surface area contributed by atoms with Crippen molar-refractivity contribution in [3.63, 3.8) is 0 Å². The van der Waals surface area contributed by atoms with E-state index in [-0.39, 0.29) is 12.2 Å². The quantitative estimate of drug-likeness (QED) is 0.330. The number of amides is 3. The number of anilines is 1. The second-order valence-corrected chi connectivity index (χ2v) is 8.66. The summed E-state index contributed by atoms with van der Waals surface area (Å²) in [7, 11) is 0. The molecule has 3 aromatic carbocycles. The van der Waals surface area contributed by atoms with Gasteiger partial charge in [0, 0.05) is 6.54 Å². The van der Waals surface area contributed by atoms with Crippen molar-refractivity contribution in [2.45, 2.75) is 38.5 Å². The van der Waals surface area contributed by atoms with Gasteiger partial charge in [-0.15, -0.1) is 0 Å². The van der Waals surface area contributed by atoms with E-state index in [1.54, 1.807) is 13.8 Å². The van der Waals surface area contributed by atoms with E-state index in [1.807, 2.05) is 54.6 Å². The highest BCUT2D eigenvalue weighted by Crippen LogP contribution is 2.38. The molecule has 0 unspecified atom stereocenters. The summed E-state index contributed by atoms with van der Waals surface area (Å²) in [5.74, 6) is -2.15. The normalized spacial score (nSPS) is 15.8. The number of carbonyl (C=O) groups excluding carboxylic acids is 2. The zero-order chi connectivity index (χ0) is 24.7. The Labute approximate surface area is 194 Å². The van der Waals surface area contributed by atoms with Crippen LogP contribution in [-0.4, -0.2) is 22.4 Å². The van der Waals surface area contributed by atoms with Crippen molar-refractivity contribution in [2.75, 3.05) is 4.90 Å². The van der Waals surface area contributed by atoms with Gasteiger partial charge in [0.15, 0.2) is 0 Å². The fraction of sp³-hybridized carbons (Fsp3) is 0.231. The third-order valence-corrected chi connectivity index (χ3v) is 6.02. The summed E-state index contributed by atoms with van der Waals surface area (Å²) < 4.78 is 53.4. The first-order valence-electron chi connectivity index (χ1n) is 10.6. The van der Waals surface area contributed by atoms with Crippen LogP contribution >= 0.6 is 0 Å². The second kappa shape index (κ2) is 8.59. The maximum Gasteiger partial charge on any atom is 0.419 e. The highest BCUT2D eigenvalue weighted by atomic mass is 19.4. The lowest BCUT2D eigenvalue weighted by Gasteiger charge is -2.28. The van der Waals surface area contributed by atoms with Crippen LogP contribution in [0.5, 0.6) is 0 Å². The molecule has 0 atom stereocenters. The van der Waals surface area contributed by atoms with Gasteiger partial charge in [0.2, 0.25) is 0 Å². The number of carbonyl (C=O) groups is 2. The van der Waals surface area contributed by atoms with Crippen LogP contribution in [0.25, 0.3) is 0 Å². The summed E-state index contributed by atoms with van der Waals surface area (Å²) >= 11 is 0. The molecule has 3 aromatic rings. The molecule has 176 valence electrons. The molecule has 3 amide bonds. The van der Waals surface area contributed by atoms with Gasteiger partial charge in [-0.3, -0.25) is 4.79 Å². The van der Waals surface area contributed by atoms with Gasteiger partial charge in [0.1, 0.15) is 11.4 Å². The van der Waals surface area contributed by atoms with Crippen molar-refractivity contribution in [1.82, 2.24) is 4.90 Å². The molecule has 8 heteroatoms. The fourth-order valence-electron chi connectivity index (χ4n) is 4.07. The van der Waals surface area contributed by atoms with Crippen LogP contribution in [0.1, 0.15) is 36.1 Å². The fourth-order valence-corrected chi connectivity index (χ4v) is 4.07. The Bertz CT molecular complexity index is 1240. The van der Waals surface area contributed by atoms with E-state index in [9.17, 15) is 27.2 Å². The van der Waals surface area contributed by atoms with Crippen LogP contribution in [0.2, 0.25) is 0 Å². The van der Waals surface area contributed by atoms with Gasteiger partial charge >= 0.3 is 12.2 Å². The molecule has 0 N–H and O–H groups in total. The van der Waals surface area contributed by atoms with Crippen LogP contribution in [0, 0.1) is 5.82 Å². The molecule has 34 heavy (non-hydrogen) atoms. The molecule has 1 saturated heterocycles. The average molecular weight is 470 g/mol. The molecule has 0 radical (unpaired) electrons. The van der Waals surface area contributed by atoms with Gasteiger partial charge in [-0.25, -0.2) is 14.1 Å². The average Bonchev–Trinajstić information content (AvgIpc) is 2.95. The smallest absolute Gasteiger partial charge is 0.305 e. The molecule has 0 aromatic heterocycles. The van der Waals surface area contributed by atoms with Crippen molar-refractivity contribution >= 4 is 17.6 Å². The molecule has 0 saturated carbocycles. The number of hydrogen-bond donors (Lipinski definition) is 0. The molecule has 0 spiro atoms.